The van der Waals surface area contributed by atoms with Crippen LogP contribution in [0.15, 0.2) is 78.9 Å². The molecule has 0 aromatic heterocycles. The minimum absolute atomic E-state index is 0.155. The van der Waals surface area contributed by atoms with Crippen molar-refractivity contribution in [3.05, 3.63) is 90.0 Å². The molecule has 0 atom stereocenters. The molecule has 3 aromatic rings. The first-order valence-corrected chi connectivity index (χ1v) is 8.07. The fraction of sp³-hybridized carbons (Fsp3) is 0.0476. The first kappa shape index (κ1) is 17.2. The number of hydrogen-bond acceptors (Lipinski definition) is 4. The molecule has 5 heteroatoms. The number of hydrogen-bond donors (Lipinski definition) is 2. The predicted molar refractivity (Wildman–Crippen MR) is 102 cm³/mol. The van der Waals surface area contributed by atoms with Gasteiger partial charge in [-0.15, -0.1) is 0 Å². The largest absolute Gasteiger partial charge is 0.465 e. The third kappa shape index (κ3) is 4.27. The minimum Gasteiger partial charge on any atom is -0.465 e. The van der Waals surface area contributed by atoms with E-state index in [0.717, 1.165) is 11.4 Å². The molecule has 0 spiro atoms. The number of benzene rings is 3. The van der Waals surface area contributed by atoms with Crippen molar-refractivity contribution in [1.82, 2.24) is 0 Å². The molecule has 0 aliphatic rings. The van der Waals surface area contributed by atoms with Gasteiger partial charge in [-0.2, -0.15) is 0 Å². The third-order valence-electron chi connectivity index (χ3n) is 3.75. The van der Waals surface area contributed by atoms with Gasteiger partial charge in [0, 0.05) is 22.6 Å². The fourth-order valence-electron chi connectivity index (χ4n) is 2.44. The van der Waals surface area contributed by atoms with Crippen LogP contribution < -0.4 is 10.6 Å². The number of anilines is 3. The summed E-state index contributed by atoms with van der Waals surface area (Å²) in [5.74, 6) is -0.537. The van der Waals surface area contributed by atoms with Crippen molar-refractivity contribution in [3.8, 4) is 0 Å². The van der Waals surface area contributed by atoms with Crippen molar-refractivity contribution in [1.29, 1.82) is 0 Å². The molecule has 0 saturated carbocycles. The van der Waals surface area contributed by atoms with Gasteiger partial charge in [0.05, 0.1) is 12.7 Å². The highest BCUT2D eigenvalue weighted by molar-refractivity contribution is 6.04. The maximum absolute atomic E-state index is 12.1. The average molecular weight is 346 g/mol. The van der Waals surface area contributed by atoms with Crippen molar-refractivity contribution >= 4 is 28.9 Å². The second-order valence-corrected chi connectivity index (χ2v) is 5.59. The maximum Gasteiger partial charge on any atom is 0.337 e. The van der Waals surface area contributed by atoms with E-state index in [4.69, 9.17) is 4.74 Å². The Morgan fingerprint density at radius 3 is 2.08 bits per heavy atom. The van der Waals surface area contributed by atoms with Crippen molar-refractivity contribution in [2.75, 3.05) is 17.7 Å². The zero-order valence-corrected chi connectivity index (χ0v) is 14.2. The van der Waals surface area contributed by atoms with Crippen molar-refractivity contribution in [2.45, 2.75) is 0 Å². The Bertz CT molecular complexity index is 906. The third-order valence-corrected chi connectivity index (χ3v) is 3.75. The lowest BCUT2D eigenvalue weighted by Gasteiger charge is -2.10. The van der Waals surface area contributed by atoms with Crippen LogP contribution in [0.25, 0.3) is 0 Å². The number of carbonyl (C=O) groups is 2. The van der Waals surface area contributed by atoms with Gasteiger partial charge in [0.25, 0.3) is 5.91 Å². The summed E-state index contributed by atoms with van der Waals surface area (Å²) in [5.41, 5.74) is 3.39. The Morgan fingerprint density at radius 1 is 0.731 bits per heavy atom. The van der Waals surface area contributed by atoms with Crippen molar-refractivity contribution in [2.24, 2.45) is 0 Å². The van der Waals surface area contributed by atoms with Gasteiger partial charge in [-0.25, -0.2) is 4.79 Å². The molecular weight excluding hydrogens is 328 g/mol. The molecule has 0 radical (unpaired) electrons. The Hall–Kier alpha value is -3.60. The van der Waals surface area contributed by atoms with Crippen LogP contribution >= 0.6 is 0 Å². The normalized spacial score (nSPS) is 10.0. The number of methoxy groups -OCH3 is 1. The molecule has 1 amide bonds. The summed E-state index contributed by atoms with van der Waals surface area (Å²) in [6.07, 6.45) is 0. The highest BCUT2D eigenvalue weighted by atomic mass is 16.5. The molecule has 0 unspecified atom stereocenters. The Balaban J connectivity index is 1.66. The average Bonchev–Trinajstić information content (AvgIpc) is 2.69. The predicted octanol–water partition coefficient (Wildman–Crippen LogP) is 4.47. The molecule has 3 aromatic carbocycles. The smallest absolute Gasteiger partial charge is 0.337 e. The van der Waals surface area contributed by atoms with Gasteiger partial charge in [-0.3, -0.25) is 4.79 Å². The molecule has 130 valence electrons. The summed E-state index contributed by atoms with van der Waals surface area (Å²) in [7, 11) is 1.35. The van der Waals surface area contributed by atoms with Gasteiger partial charge in [-0.05, 0) is 54.6 Å². The Morgan fingerprint density at radius 2 is 1.38 bits per heavy atom. The Labute approximate surface area is 151 Å². The van der Waals surface area contributed by atoms with Crippen LogP contribution in [0.5, 0.6) is 0 Å². The van der Waals surface area contributed by atoms with E-state index in [1.165, 1.54) is 7.11 Å². The standard InChI is InChI=1S/C21H18N2O3/c1-26-21(25)16-8-5-9-19(14-16)22-17-10-12-18(13-11-17)23-20(24)15-6-3-2-4-7-15/h2-14,22H,1H3,(H,23,24). The van der Waals surface area contributed by atoms with E-state index in [0.29, 0.717) is 16.8 Å². The van der Waals surface area contributed by atoms with Crippen LogP contribution in [0.3, 0.4) is 0 Å². The molecule has 0 fully saturated rings. The molecule has 3 rings (SSSR count). The maximum atomic E-state index is 12.1. The summed E-state index contributed by atoms with van der Waals surface area (Å²) in [6, 6.07) is 23.4. The Kier molecular flexibility index (Phi) is 5.29. The van der Waals surface area contributed by atoms with E-state index in [2.05, 4.69) is 10.6 Å². The number of ether oxygens (including phenoxy) is 1. The lowest BCUT2D eigenvalue weighted by Crippen LogP contribution is -2.11. The van der Waals surface area contributed by atoms with Gasteiger partial charge in [0.15, 0.2) is 0 Å². The zero-order valence-electron chi connectivity index (χ0n) is 14.2. The summed E-state index contributed by atoms with van der Waals surface area (Å²) < 4.78 is 4.72. The van der Waals surface area contributed by atoms with E-state index in [1.54, 1.807) is 30.3 Å². The van der Waals surface area contributed by atoms with Crippen LogP contribution in [-0.2, 0) is 4.74 Å². The van der Waals surface area contributed by atoms with Gasteiger partial charge in [0.2, 0.25) is 0 Å². The highest BCUT2D eigenvalue weighted by Crippen LogP contribution is 2.20. The molecule has 0 saturated heterocycles. The lowest BCUT2D eigenvalue weighted by molar-refractivity contribution is 0.0600. The van der Waals surface area contributed by atoms with Gasteiger partial charge in [-0.1, -0.05) is 24.3 Å². The zero-order chi connectivity index (χ0) is 18.4. The summed E-state index contributed by atoms with van der Waals surface area (Å²) in [4.78, 5) is 23.7. The van der Waals surface area contributed by atoms with E-state index < -0.39 is 0 Å². The van der Waals surface area contributed by atoms with E-state index in [-0.39, 0.29) is 11.9 Å². The molecule has 0 bridgehead atoms. The number of esters is 1. The molecular formula is C21H18N2O3. The summed E-state index contributed by atoms with van der Waals surface area (Å²) >= 11 is 0. The van der Waals surface area contributed by atoms with E-state index >= 15 is 0 Å². The van der Waals surface area contributed by atoms with Crippen LogP contribution in [0.4, 0.5) is 17.1 Å². The molecule has 0 heterocycles. The lowest BCUT2D eigenvalue weighted by atomic mass is 10.2. The highest BCUT2D eigenvalue weighted by Gasteiger charge is 2.07. The van der Waals surface area contributed by atoms with E-state index in [9.17, 15) is 9.59 Å². The second-order valence-electron chi connectivity index (χ2n) is 5.59. The SMILES string of the molecule is COC(=O)c1cccc(Nc2ccc(NC(=O)c3ccccc3)cc2)c1. The minimum atomic E-state index is -0.382. The molecule has 0 aliphatic heterocycles. The summed E-state index contributed by atoms with van der Waals surface area (Å²) in [5, 5.41) is 6.07. The molecule has 2 N–H and O–H groups in total. The van der Waals surface area contributed by atoms with Gasteiger partial charge < -0.3 is 15.4 Å². The number of rotatable bonds is 5. The number of carbonyl (C=O) groups excluding carboxylic acids is 2. The monoisotopic (exact) mass is 346 g/mol. The number of nitrogens with one attached hydrogen (secondary N) is 2. The quantitative estimate of drug-likeness (QED) is 0.669. The molecule has 5 nitrogen and oxygen atoms in total. The molecule has 0 aliphatic carbocycles. The van der Waals surface area contributed by atoms with Gasteiger partial charge in [0.1, 0.15) is 0 Å². The van der Waals surface area contributed by atoms with E-state index in [1.807, 2.05) is 48.5 Å². The fourth-order valence-corrected chi connectivity index (χ4v) is 2.44. The first-order chi connectivity index (χ1) is 12.7. The second kappa shape index (κ2) is 7.98. The first-order valence-electron chi connectivity index (χ1n) is 8.07. The van der Waals surface area contributed by atoms with Crippen LogP contribution in [0.1, 0.15) is 20.7 Å². The van der Waals surface area contributed by atoms with Crippen LogP contribution in [0.2, 0.25) is 0 Å². The van der Waals surface area contributed by atoms with Crippen LogP contribution in [0, 0.1) is 0 Å². The topological polar surface area (TPSA) is 67.4 Å². The van der Waals surface area contributed by atoms with Gasteiger partial charge >= 0.3 is 5.97 Å². The van der Waals surface area contributed by atoms with Crippen molar-refractivity contribution < 1.29 is 14.3 Å². The summed E-state index contributed by atoms with van der Waals surface area (Å²) in [6.45, 7) is 0. The van der Waals surface area contributed by atoms with Crippen LogP contribution in [-0.4, -0.2) is 19.0 Å². The van der Waals surface area contributed by atoms with Crippen molar-refractivity contribution in [3.63, 3.8) is 0 Å². The molecule has 26 heavy (non-hydrogen) atoms. The number of amides is 1.